The van der Waals surface area contributed by atoms with Gasteiger partial charge in [-0.3, -0.25) is 9.59 Å². The van der Waals surface area contributed by atoms with Crippen molar-refractivity contribution in [1.29, 1.82) is 0 Å². The van der Waals surface area contributed by atoms with Crippen LogP contribution < -0.4 is 10.1 Å². The molecule has 0 saturated heterocycles. The highest BCUT2D eigenvalue weighted by atomic mass is 19.2. The van der Waals surface area contributed by atoms with Gasteiger partial charge in [0.05, 0.1) is 0 Å². The number of hydrogen-bond donors (Lipinski definition) is 1. The molecule has 150 valence electrons. The van der Waals surface area contributed by atoms with Crippen LogP contribution in [0.15, 0.2) is 30.3 Å². The Kier molecular flexibility index (Phi) is 7.54. The summed E-state index contributed by atoms with van der Waals surface area (Å²) in [6.07, 6.45) is 3.13. The molecule has 0 heterocycles. The summed E-state index contributed by atoms with van der Waals surface area (Å²) in [5.74, 6) is -8.78. The van der Waals surface area contributed by atoms with Crippen LogP contribution in [0.1, 0.15) is 43.0 Å². The number of carbonyl (C=O) groups excluding carboxylic acids is 2. The highest BCUT2D eigenvalue weighted by Gasteiger charge is 2.21. The highest BCUT2D eigenvalue weighted by molar-refractivity contribution is 5.98. The van der Waals surface area contributed by atoms with Gasteiger partial charge in [0, 0.05) is 23.7 Å². The minimum atomic E-state index is -1.71. The Morgan fingerprint density at radius 3 is 2.14 bits per heavy atom. The molecular formula is C20H19F4NO3. The summed E-state index contributed by atoms with van der Waals surface area (Å²) in [6, 6.07) is 5.83. The maximum atomic E-state index is 13.5. The molecule has 2 aromatic carbocycles. The lowest BCUT2D eigenvalue weighted by Gasteiger charge is -2.09. The Hall–Kier alpha value is -2.90. The van der Waals surface area contributed by atoms with Gasteiger partial charge >= 0.3 is 0 Å². The average molecular weight is 397 g/mol. The Labute approximate surface area is 159 Å². The quantitative estimate of drug-likeness (QED) is 0.280. The predicted molar refractivity (Wildman–Crippen MR) is 95.3 cm³/mol. The molecule has 1 N–H and O–H groups in total. The van der Waals surface area contributed by atoms with E-state index in [0.717, 1.165) is 19.3 Å². The van der Waals surface area contributed by atoms with Gasteiger partial charge in [-0.1, -0.05) is 19.8 Å². The van der Waals surface area contributed by atoms with E-state index in [1.807, 2.05) is 6.92 Å². The van der Waals surface area contributed by atoms with E-state index in [1.54, 1.807) is 0 Å². The van der Waals surface area contributed by atoms with Gasteiger partial charge in [-0.25, -0.2) is 8.78 Å². The molecule has 0 bridgehead atoms. The molecule has 0 saturated carbocycles. The van der Waals surface area contributed by atoms with Gasteiger partial charge in [-0.05, 0) is 30.7 Å². The molecule has 0 unspecified atom stereocenters. The van der Waals surface area contributed by atoms with Crippen molar-refractivity contribution in [2.75, 3.05) is 11.9 Å². The zero-order valence-corrected chi connectivity index (χ0v) is 15.2. The molecular weight excluding hydrogens is 378 g/mol. The van der Waals surface area contributed by atoms with Crippen molar-refractivity contribution in [3.8, 4) is 5.75 Å². The van der Waals surface area contributed by atoms with Gasteiger partial charge in [0.1, 0.15) is 0 Å². The molecule has 0 aliphatic rings. The Morgan fingerprint density at radius 2 is 1.57 bits per heavy atom. The number of anilines is 1. The fourth-order valence-corrected chi connectivity index (χ4v) is 2.40. The zero-order valence-electron chi connectivity index (χ0n) is 15.2. The van der Waals surface area contributed by atoms with Gasteiger partial charge in [-0.2, -0.15) is 8.78 Å². The maximum Gasteiger partial charge on any atom is 0.224 e. The third-order valence-corrected chi connectivity index (χ3v) is 3.92. The fraction of sp³-hybridized carbons (Fsp3) is 0.300. The molecule has 0 aromatic heterocycles. The molecule has 0 aliphatic carbocycles. The zero-order chi connectivity index (χ0) is 20.7. The normalized spacial score (nSPS) is 10.6. The summed E-state index contributed by atoms with van der Waals surface area (Å²) in [6.45, 7) is 1.21. The van der Waals surface area contributed by atoms with Crippen molar-refractivity contribution in [3.63, 3.8) is 0 Å². The molecule has 2 rings (SSSR count). The van der Waals surface area contributed by atoms with E-state index in [-0.39, 0.29) is 17.5 Å². The first-order valence-electron chi connectivity index (χ1n) is 8.72. The van der Waals surface area contributed by atoms with E-state index < -0.39 is 41.4 Å². The number of nitrogens with one attached hydrogen (secondary N) is 1. The molecule has 1 amide bonds. The fourth-order valence-electron chi connectivity index (χ4n) is 2.40. The number of unbranched alkanes of at least 4 members (excludes halogenated alkanes) is 2. The number of benzene rings is 2. The molecule has 2 aromatic rings. The summed E-state index contributed by atoms with van der Waals surface area (Å²) in [7, 11) is 0. The van der Waals surface area contributed by atoms with Gasteiger partial charge in [-0.15, -0.1) is 0 Å². The third kappa shape index (κ3) is 5.55. The number of amides is 1. The van der Waals surface area contributed by atoms with Crippen LogP contribution in [-0.4, -0.2) is 18.3 Å². The topological polar surface area (TPSA) is 55.4 Å². The molecule has 0 fully saturated rings. The van der Waals surface area contributed by atoms with Crippen LogP contribution in [0.3, 0.4) is 0 Å². The summed E-state index contributed by atoms with van der Waals surface area (Å²) >= 11 is 0. The number of ether oxygens (including phenoxy) is 1. The number of halogens is 4. The Bertz CT molecular complexity index is 827. The highest BCUT2D eigenvalue weighted by Crippen LogP contribution is 2.26. The van der Waals surface area contributed by atoms with Crippen LogP contribution in [0.4, 0.5) is 23.2 Å². The minimum absolute atomic E-state index is 0.0502. The van der Waals surface area contributed by atoms with Crippen LogP contribution in [0.2, 0.25) is 0 Å². The smallest absolute Gasteiger partial charge is 0.224 e. The molecule has 0 spiro atoms. The molecule has 0 aliphatic heterocycles. The Balaban J connectivity index is 1.96. The van der Waals surface area contributed by atoms with E-state index in [1.165, 1.54) is 24.3 Å². The summed E-state index contributed by atoms with van der Waals surface area (Å²) in [5.41, 5.74) is 0.630. The lowest BCUT2D eigenvalue weighted by Crippen LogP contribution is -2.14. The summed E-state index contributed by atoms with van der Waals surface area (Å²) in [5, 5.41) is 2.69. The lowest BCUT2D eigenvalue weighted by molar-refractivity contribution is -0.116. The van der Waals surface area contributed by atoms with E-state index in [0.29, 0.717) is 12.1 Å². The lowest BCUT2D eigenvalue weighted by atomic mass is 10.1. The van der Waals surface area contributed by atoms with E-state index in [2.05, 4.69) is 10.1 Å². The number of carbonyl (C=O) groups is 2. The van der Waals surface area contributed by atoms with Crippen LogP contribution >= 0.6 is 0 Å². The van der Waals surface area contributed by atoms with Crippen LogP contribution in [0.25, 0.3) is 0 Å². The second kappa shape index (κ2) is 9.87. The molecule has 8 heteroatoms. The van der Waals surface area contributed by atoms with Crippen LogP contribution in [0.5, 0.6) is 5.75 Å². The third-order valence-electron chi connectivity index (χ3n) is 3.92. The van der Waals surface area contributed by atoms with Crippen molar-refractivity contribution < 1.29 is 31.9 Å². The van der Waals surface area contributed by atoms with Crippen LogP contribution in [0, 0.1) is 23.3 Å². The van der Waals surface area contributed by atoms with Crippen molar-refractivity contribution in [1.82, 2.24) is 0 Å². The van der Waals surface area contributed by atoms with Gasteiger partial charge < -0.3 is 10.1 Å². The number of rotatable bonds is 9. The largest absolute Gasteiger partial charge is 0.479 e. The second-order valence-electron chi connectivity index (χ2n) is 6.09. The number of hydrogen-bond acceptors (Lipinski definition) is 3. The first-order valence-corrected chi connectivity index (χ1v) is 8.72. The van der Waals surface area contributed by atoms with Crippen LogP contribution in [-0.2, 0) is 4.79 Å². The maximum absolute atomic E-state index is 13.5. The summed E-state index contributed by atoms with van der Waals surface area (Å²) in [4.78, 5) is 23.8. The molecule has 4 nitrogen and oxygen atoms in total. The van der Waals surface area contributed by atoms with E-state index >= 15 is 0 Å². The molecule has 0 radical (unpaired) electrons. The van der Waals surface area contributed by atoms with Gasteiger partial charge in [0.2, 0.25) is 17.5 Å². The monoisotopic (exact) mass is 397 g/mol. The van der Waals surface area contributed by atoms with Crippen molar-refractivity contribution in [2.45, 2.75) is 32.6 Å². The Morgan fingerprint density at radius 1 is 0.964 bits per heavy atom. The van der Waals surface area contributed by atoms with Gasteiger partial charge in [0.25, 0.3) is 0 Å². The first-order chi connectivity index (χ1) is 13.3. The predicted octanol–water partition coefficient (Wildman–Crippen LogP) is 5.02. The number of ketones is 1. The second-order valence-corrected chi connectivity index (χ2v) is 6.09. The molecule has 28 heavy (non-hydrogen) atoms. The average Bonchev–Trinajstić information content (AvgIpc) is 2.67. The van der Waals surface area contributed by atoms with Crippen molar-refractivity contribution in [2.24, 2.45) is 0 Å². The SMILES string of the molecule is CCCCCC(=O)Nc1ccc(C(=O)COc2c(F)c(F)cc(F)c2F)cc1. The van der Waals surface area contributed by atoms with E-state index in [4.69, 9.17) is 0 Å². The van der Waals surface area contributed by atoms with Crippen molar-refractivity contribution in [3.05, 3.63) is 59.2 Å². The van der Waals surface area contributed by atoms with Crippen molar-refractivity contribution >= 4 is 17.4 Å². The first kappa shape index (κ1) is 21.4. The minimum Gasteiger partial charge on any atom is -0.479 e. The molecule has 0 atom stereocenters. The van der Waals surface area contributed by atoms with Gasteiger partial charge in [0.15, 0.2) is 29.8 Å². The van der Waals surface area contributed by atoms with E-state index in [9.17, 15) is 27.2 Å². The number of Topliss-reactive ketones (excluding diaryl/α,β-unsaturated/α-hetero) is 1. The standard InChI is InChI=1S/C20H19F4NO3/c1-2-3-4-5-17(27)25-13-8-6-12(7-9-13)16(26)11-28-20-18(23)14(21)10-15(22)19(20)24/h6-10H,2-5,11H2,1H3,(H,25,27). The summed E-state index contributed by atoms with van der Waals surface area (Å²) < 4.78 is 58.0.